The Balaban J connectivity index is 2.55. The van der Waals surface area contributed by atoms with Crippen molar-refractivity contribution < 1.29 is 4.79 Å². The molecule has 0 aliphatic rings. The Kier molecular flexibility index (Phi) is 6.52. The molecule has 21 heavy (non-hydrogen) atoms. The lowest BCUT2D eigenvalue weighted by Gasteiger charge is -2.30. The molecule has 1 rings (SSSR count). The maximum Gasteiger partial charge on any atom is 0.140 e. The maximum atomic E-state index is 12.2. The summed E-state index contributed by atoms with van der Waals surface area (Å²) < 4.78 is 1.82. The summed E-state index contributed by atoms with van der Waals surface area (Å²) in [6.45, 7) is 11.4. The third kappa shape index (κ3) is 5.58. The van der Waals surface area contributed by atoms with Gasteiger partial charge in [0.05, 0.1) is 6.42 Å². The van der Waals surface area contributed by atoms with E-state index < -0.39 is 0 Å². The van der Waals surface area contributed by atoms with Gasteiger partial charge in [-0.15, -0.1) is 0 Å². The van der Waals surface area contributed by atoms with Crippen LogP contribution < -0.4 is 5.73 Å². The number of nitrogens with two attached hydrogens (primary N) is 1. The van der Waals surface area contributed by atoms with E-state index in [0.29, 0.717) is 25.3 Å². The Morgan fingerprint density at radius 2 is 2.00 bits per heavy atom. The highest BCUT2D eigenvalue weighted by Gasteiger charge is 2.24. The van der Waals surface area contributed by atoms with Crippen LogP contribution in [0.3, 0.4) is 0 Å². The van der Waals surface area contributed by atoms with Crippen LogP contribution in [0.2, 0.25) is 0 Å². The van der Waals surface area contributed by atoms with E-state index in [1.165, 1.54) is 6.33 Å². The first-order chi connectivity index (χ1) is 9.75. The number of ketones is 1. The SMILES string of the molecule is CC(C)n1ncnc1CC(=O)CCC(CCN)C(C)(C)C. The van der Waals surface area contributed by atoms with E-state index in [1.807, 2.05) is 18.5 Å². The predicted octanol–water partition coefficient (Wildman–Crippen LogP) is 2.76. The van der Waals surface area contributed by atoms with Crippen LogP contribution in [0, 0.1) is 11.3 Å². The normalized spacial score (nSPS) is 13.7. The summed E-state index contributed by atoms with van der Waals surface area (Å²) in [4.78, 5) is 16.4. The molecule has 0 aliphatic heterocycles. The van der Waals surface area contributed by atoms with Gasteiger partial charge in [-0.1, -0.05) is 20.8 Å². The van der Waals surface area contributed by atoms with Crippen molar-refractivity contribution in [2.45, 2.75) is 66.3 Å². The molecule has 1 atom stereocenters. The molecule has 1 unspecified atom stereocenters. The first-order valence-electron chi connectivity index (χ1n) is 7.85. The fourth-order valence-corrected chi connectivity index (χ4v) is 2.64. The molecule has 0 aromatic carbocycles. The first-order valence-corrected chi connectivity index (χ1v) is 7.85. The molecular weight excluding hydrogens is 264 g/mol. The van der Waals surface area contributed by atoms with Gasteiger partial charge in [0.15, 0.2) is 0 Å². The summed E-state index contributed by atoms with van der Waals surface area (Å²) >= 11 is 0. The number of aromatic nitrogens is 3. The van der Waals surface area contributed by atoms with Crippen molar-refractivity contribution in [3.63, 3.8) is 0 Å². The molecule has 5 heteroatoms. The number of hydrogen-bond acceptors (Lipinski definition) is 4. The molecule has 5 nitrogen and oxygen atoms in total. The quantitative estimate of drug-likeness (QED) is 0.800. The Bertz CT molecular complexity index is 445. The number of carbonyl (C=O) groups excluding carboxylic acids is 1. The lowest BCUT2D eigenvalue weighted by atomic mass is 9.76. The van der Waals surface area contributed by atoms with Gasteiger partial charge in [0, 0.05) is 12.5 Å². The van der Waals surface area contributed by atoms with Crippen molar-refractivity contribution in [3.05, 3.63) is 12.2 Å². The average molecular weight is 294 g/mol. The van der Waals surface area contributed by atoms with Gasteiger partial charge >= 0.3 is 0 Å². The van der Waals surface area contributed by atoms with E-state index in [4.69, 9.17) is 5.73 Å². The zero-order valence-electron chi connectivity index (χ0n) is 14.1. The summed E-state index contributed by atoms with van der Waals surface area (Å²) in [5.41, 5.74) is 5.88. The molecule has 1 aromatic heterocycles. The molecule has 0 saturated carbocycles. The van der Waals surface area contributed by atoms with Gasteiger partial charge in [-0.05, 0) is 44.6 Å². The smallest absolute Gasteiger partial charge is 0.140 e. The second-order valence-corrected chi connectivity index (χ2v) is 7.11. The van der Waals surface area contributed by atoms with Crippen molar-refractivity contribution >= 4 is 5.78 Å². The van der Waals surface area contributed by atoms with Crippen LogP contribution in [0.4, 0.5) is 0 Å². The zero-order chi connectivity index (χ0) is 16.0. The summed E-state index contributed by atoms with van der Waals surface area (Å²) in [7, 11) is 0. The minimum absolute atomic E-state index is 0.192. The molecule has 0 bridgehead atoms. The maximum absolute atomic E-state index is 12.2. The van der Waals surface area contributed by atoms with Gasteiger partial charge in [-0.2, -0.15) is 5.10 Å². The standard InChI is InChI=1S/C16H30N4O/c1-12(2)20-15(18-11-19-20)10-14(21)7-6-13(8-9-17)16(3,4)5/h11-13H,6-10,17H2,1-5H3. The summed E-state index contributed by atoms with van der Waals surface area (Å²) in [5.74, 6) is 1.48. The summed E-state index contributed by atoms with van der Waals surface area (Å²) in [5, 5.41) is 4.17. The van der Waals surface area contributed by atoms with Gasteiger partial charge < -0.3 is 5.73 Å². The first kappa shape index (κ1) is 17.8. The van der Waals surface area contributed by atoms with Crippen LogP contribution in [0.15, 0.2) is 6.33 Å². The van der Waals surface area contributed by atoms with E-state index in [0.717, 1.165) is 18.7 Å². The van der Waals surface area contributed by atoms with Crippen LogP contribution in [0.25, 0.3) is 0 Å². The second-order valence-electron chi connectivity index (χ2n) is 7.11. The van der Waals surface area contributed by atoms with Gasteiger partial charge in [0.2, 0.25) is 0 Å². The van der Waals surface area contributed by atoms with Crippen molar-refractivity contribution in [1.82, 2.24) is 14.8 Å². The number of Topliss-reactive ketones (excluding diaryl/α,β-unsaturated/α-hetero) is 1. The van der Waals surface area contributed by atoms with E-state index >= 15 is 0 Å². The number of nitrogens with zero attached hydrogens (tertiary/aromatic N) is 3. The highest BCUT2D eigenvalue weighted by atomic mass is 16.1. The Hall–Kier alpha value is -1.23. The number of rotatable bonds is 8. The van der Waals surface area contributed by atoms with Gasteiger partial charge in [0.1, 0.15) is 17.9 Å². The zero-order valence-corrected chi connectivity index (χ0v) is 14.1. The molecule has 0 spiro atoms. The van der Waals surface area contributed by atoms with E-state index in [-0.39, 0.29) is 17.2 Å². The Morgan fingerprint density at radius 3 is 2.52 bits per heavy atom. The van der Waals surface area contributed by atoms with Crippen LogP contribution in [0.5, 0.6) is 0 Å². The fourth-order valence-electron chi connectivity index (χ4n) is 2.64. The highest BCUT2D eigenvalue weighted by Crippen LogP contribution is 2.32. The van der Waals surface area contributed by atoms with Gasteiger partial charge in [-0.25, -0.2) is 9.67 Å². The van der Waals surface area contributed by atoms with Gasteiger partial charge in [-0.3, -0.25) is 4.79 Å². The fraction of sp³-hybridized carbons (Fsp3) is 0.812. The summed E-state index contributed by atoms with van der Waals surface area (Å²) in [6, 6.07) is 0.231. The highest BCUT2D eigenvalue weighted by molar-refractivity contribution is 5.80. The number of hydrogen-bond donors (Lipinski definition) is 1. The average Bonchev–Trinajstić information content (AvgIpc) is 2.81. The van der Waals surface area contributed by atoms with Crippen LogP contribution in [-0.2, 0) is 11.2 Å². The molecule has 1 heterocycles. The predicted molar refractivity (Wildman–Crippen MR) is 85.0 cm³/mol. The number of carbonyl (C=O) groups is 1. The van der Waals surface area contributed by atoms with Crippen molar-refractivity contribution in [1.29, 1.82) is 0 Å². The lowest BCUT2D eigenvalue weighted by molar-refractivity contribution is -0.119. The van der Waals surface area contributed by atoms with Crippen LogP contribution >= 0.6 is 0 Å². The van der Waals surface area contributed by atoms with Crippen molar-refractivity contribution in [3.8, 4) is 0 Å². The molecular formula is C16H30N4O. The van der Waals surface area contributed by atoms with E-state index in [9.17, 15) is 4.79 Å². The van der Waals surface area contributed by atoms with Crippen molar-refractivity contribution in [2.75, 3.05) is 6.54 Å². The molecule has 0 aliphatic carbocycles. The topological polar surface area (TPSA) is 73.8 Å². The van der Waals surface area contributed by atoms with E-state index in [1.54, 1.807) is 0 Å². The van der Waals surface area contributed by atoms with Crippen LogP contribution in [0.1, 0.15) is 65.7 Å². The van der Waals surface area contributed by atoms with Crippen LogP contribution in [-0.4, -0.2) is 27.1 Å². The third-order valence-electron chi connectivity index (χ3n) is 4.00. The molecule has 0 fully saturated rings. The Morgan fingerprint density at radius 1 is 1.33 bits per heavy atom. The Labute approximate surface area is 128 Å². The third-order valence-corrected chi connectivity index (χ3v) is 4.00. The van der Waals surface area contributed by atoms with Gasteiger partial charge in [0.25, 0.3) is 0 Å². The minimum atomic E-state index is 0.192. The molecule has 0 amide bonds. The molecule has 1 aromatic rings. The molecule has 2 N–H and O–H groups in total. The van der Waals surface area contributed by atoms with Crippen molar-refractivity contribution in [2.24, 2.45) is 17.1 Å². The molecule has 120 valence electrons. The largest absolute Gasteiger partial charge is 0.330 e. The monoisotopic (exact) mass is 294 g/mol. The van der Waals surface area contributed by atoms with E-state index in [2.05, 4.69) is 30.9 Å². The lowest BCUT2D eigenvalue weighted by Crippen LogP contribution is -2.24. The minimum Gasteiger partial charge on any atom is -0.330 e. The second kappa shape index (κ2) is 7.69. The molecule has 0 radical (unpaired) electrons. The summed E-state index contributed by atoms with van der Waals surface area (Å²) in [6.07, 6.45) is 4.36. The molecule has 0 saturated heterocycles.